The van der Waals surface area contributed by atoms with Gasteiger partial charge in [-0.1, -0.05) is 31.9 Å². The van der Waals surface area contributed by atoms with E-state index >= 15 is 0 Å². The third kappa shape index (κ3) is 3.18. The predicted molar refractivity (Wildman–Crippen MR) is 79.3 cm³/mol. The Balaban J connectivity index is 3.19. The van der Waals surface area contributed by atoms with Crippen molar-refractivity contribution >= 4 is 79.6 Å². The highest BCUT2D eigenvalue weighted by Gasteiger charge is 2.25. The van der Waals surface area contributed by atoms with Gasteiger partial charge in [-0.25, -0.2) is 9.13 Å². The van der Waals surface area contributed by atoms with Crippen molar-refractivity contribution in [2.24, 2.45) is 0 Å². The molecule has 1 heterocycles. The number of hydrogen-bond acceptors (Lipinski definition) is 0. The first-order valence-corrected chi connectivity index (χ1v) is 8.19. The molecule has 0 fully saturated rings. The van der Waals surface area contributed by atoms with E-state index in [0.29, 0.717) is 0 Å². The Morgan fingerprint density at radius 2 is 2.00 bits per heavy atom. The minimum absolute atomic E-state index is 0.762. The third-order valence-electron chi connectivity index (χ3n) is 1.83. The molecule has 0 amide bonds. The average molecular weight is 532 g/mol. The van der Waals surface area contributed by atoms with Gasteiger partial charge in [0.15, 0.2) is 0 Å². The smallest absolute Gasteiger partial charge is 0.211 e. The van der Waals surface area contributed by atoms with Crippen LogP contribution < -0.4 is 4.57 Å². The molecule has 0 saturated heterocycles. The molecular weight excluding hydrogens is 524 g/mol. The second kappa shape index (κ2) is 6.33. The molecule has 0 bridgehead atoms. The van der Waals surface area contributed by atoms with Crippen LogP contribution in [0.3, 0.4) is 0 Å². The summed E-state index contributed by atoms with van der Waals surface area (Å²) < 4.78 is 8.37. The van der Waals surface area contributed by atoms with Gasteiger partial charge in [0, 0.05) is 52.3 Å². The first kappa shape index (κ1) is 14.4. The van der Waals surface area contributed by atoms with E-state index in [9.17, 15) is 0 Å². The lowest BCUT2D eigenvalue weighted by molar-refractivity contribution is -0.708. The van der Waals surface area contributed by atoms with Crippen LogP contribution in [0.4, 0.5) is 0 Å². The van der Waals surface area contributed by atoms with E-state index in [1.165, 1.54) is 0 Å². The normalized spacial score (nSPS) is 12.3. The Hall–Kier alpha value is 1.35. The first-order chi connectivity index (χ1) is 7.02. The molecule has 1 aromatic rings. The Morgan fingerprint density at radius 1 is 1.40 bits per heavy atom. The van der Waals surface area contributed by atoms with Crippen LogP contribution in [0.15, 0.2) is 23.4 Å². The molecule has 0 spiro atoms. The lowest BCUT2D eigenvalue weighted by Crippen LogP contribution is -2.35. The van der Waals surface area contributed by atoms with E-state index in [2.05, 4.69) is 95.7 Å². The van der Waals surface area contributed by atoms with Crippen molar-refractivity contribution in [3.63, 3.8) is 0 Å². The fourth-order valence-corrected chi connectivity index (χ4v) is 3.86. The Labute approximate surface area is 131 Å². The van der Waals surface area contributed by atoms with Crippen LogP contribution in [-0.2, 0) is 13.1 Å². The van der Waals surface area contributed by atoms with Crippen LogP contribution in [0.1, 0.15) is 6.92 Å². The highest BCUT2D eigenvalue weighted by atomic mass is 79.9. The van der Waals surface area contributed by atoms with Gasteiger partial charge in [0.05, 0.1) is 6.54 Å². The van der Waals surface area contributed by atoms with Crippen LogP contribution in [-0.4, -0.2) is 4.57 Å². The fourth-order valence-electron chi connectivity index (χ4n) is 1.12. The molecule has 2 nitrogen and oxygen atoms in total. The van der Waals surface area contributed by atoms with Gasteiger partial charge in [0.1, 0.15) is 6.54 Å². The summed E-state index contributed by atoms with van der Waals surface area (Å²) in [6, 6.07) is 0. The summed E-state index contributed by atoms with van der Waals surface area (Å²) in [5.74, 6) is 0. The molecule has 0 N–H and O–H groups in total. The molecule has 0 atom stereocenters. The Bertz CT molecular complexity index is 396. The van der Waals surface area contributed by atoms with Crippen molar-refractivity contribution in [1.82, 2.24) is 4.57 Å². The van der Waals surface area contributed by atoms with Crippen molar-refractivity contribution in [3.8, 4) is 0 Å². The van der Waals surface area contributed by atoms with Gasteiger partial charge >= 0.3 is 4.73 Å². The van der Waals surface area contributed by atoms with Crippen LogP contribution in [0, 0.1) is 0 Å². The minimum atomic E-state index is 0.762. The topological polar surface area (TPSA) is 8.81 Å². The van der Waals surface area contributed by atoms with E-state index in [1.807, 2.05) is 4.99 Å². The quantitative estimate of drug-likeness (QED) is 0.500. The number of halogens is 5. The summed E-state index contributed by atoms with van der Waals surface area (Å²) in [6.07, 6.45) is 0. The second-order valence-corrected chi connectivity index (χ2v) is 6.42. The monoisotopic (exact) mass is 527 g/mol. The van der Waals surface area contributed by atoms with Gasteiger partial charge in [-0.05, 0) is 11.9 Å². The van der Waals surface area contributed by atoms with Crippen LogP contribution in [0.25, 0.3) is 0 Å². The zero-order chi connectivity index (χ0) is 11.6. The molecule has 0 aromatic carbocycles. The highest BCUT2D eigenvalue weighted by Crippen LogP contribution is 2.26. The molecule has 0 aliphatic rings. The predicted octanol–water partition coefficient (Wildman–Crippen LogP) is 4.71. The third-order valence-corrected chi connectivity index (χ3v) is 6.48. The molecule has 0 saturated carbocycles. The summed E-state index contributed by atoms with van der Waals surface area (Å²) in [6.45, 7) is 3.77. The Kier molecular flexibility index (Phi) is 6.08. The summed E-state index contributed by atoms with van der Waals surface area (Å²) in [5.41, 5.74) is 0. The van der Waals surface area contributed by atoms with E-state index in [-0.39, 0.29) is 0 Å². The number of aromatic nitrogens is 2. The molecule has 15 heavy (non-hydrogen) atoms. The van der Waals surface area contributed by atoms with Crippen molar-refractivity contribution in [3.05, 3.63) is 23.4 Å². The standard InChI is InChI=1S/C8H8Br5N2/c1-2-14-6(11)7(12)15(8(14)13)4-5(10)3-9/h3H,2,4H2,1H3/q+1/b5-3-. The summed E-state index contributed by atoms with van der Waals surface area (Å²) in [5, 5.41) is 0. The van der Waals surface area contributed by atoms with Gasteiger partial charge in [-0.3, -0.25) is 0 Å². The maximum Gasteiger partial charge on any atom is 0.327 e. The van der Waals surface area contributed by atoms with E-state index in [4.69, 9.17) is 0 Å². The van der Waals surface area contributed by atoms with E-state index in [0.717, 1.165) is 31.5 Å². The molecule has 0 aliphatic carbocycles. The van der Waals surface area contributed by atoms with Crippen molar-refractivity contribution in [2.45, 2.75) is 20.0 Å². The molecule has 1 aromatic heterocycles. The molecule has 1 rings (SSSR count). The lowest BCUT2D eigenvalue weighted by Gasteiger charge is -1.97. The number of nitrogens with zero attached hydrogens (tertiary/aromatic N) is 2. The molecule has 84 valence electrons. The van der Waals surface area contributed by atoms with Crippen molar-refractivity contribution < 1.29 is 4.57 Å². The largest absolute Gasteiger partial charge is 0.327 e. The van der Waals surface area contributed by atoms with Crippen molar-refractivity contribution in [2.75, 3.05) is 0 Å². The second-order valence-electron chi connectivity index (χ2n) is 2.74. The molecule has 0 aliphatic heterocycles. The van der Waals surface area contributed by atoms with Gasteiger partial charge in [0.25, 0.3) is 0 Å². The van der Waals surface area contributed by atoms with Gasteiger partial charge < -0.3 is 0 Å². The lowest BCUT2D eigenvalue weighted by atomic mass is 10.6. The molecule has 0 radical (unpaired) electrons. The van der Waals surface area contributed by atoms with Gasteiger partial charge in [-0.15, -0.1) is 0 Å². The van der Waals surface area contributed by atoms with E-state index < -0.39 is 0 Å². The molecule has 7 heteroatoms. The maximum atomic E-state index is 3.57. The van der Waals surface area contributed by atoms with Crippen LogP contribution in [0.2, 0.25) is 0 Å². The van der Waals surface area contributed by atoms with Crippen LogP contribution >= 0.6 is 79.6 Å². The number of hydrogen-bond donors (Lipinski definition) is 0. The number of rotatable bonds is 3. The first-order valence-electron chi connectivity index (χ1n) is 4.10. The zero-order valence-electron chi connectivity index (χ0n) is 7.78. The van der Waals surface area contributed by atoms with Crippen LogP contribution in [0.5, 0.6) is 0 Å². The van der Waals surface area contributed by atoms with Gasteiger partial charge in [0.2, 0.25) is 9.21 Å². The van der Waals surface area contributed by atoms with Gasteiger partial charge in [-0.2, -0.15) is 0 Å². The maximum absolute atomic E-state index is 3.57. The SMILES string of the molecule is CCn1c(Br)c(Br)[n+](C/C(Br)=C/Br)c1Br. The van der Waals surface area contributed by atoms with Crippen molar-refractivity contribution in [1.29, 1.82) is 0 Å². The molecule has 0 unspecified atom stereocenters. The zero-order valence-corrected chi connectivity index (χ0v) is 15.7. The molecular formula is C8H8Br5N2+. The summed E-state index contributed by atoms with van der Waals surface area (Å²) in [4.78, 5) is 1.86. The summed E-state index contributed by atoms with van der Waals surface area (Å²) in [7, 11) is 0. The Morgan fingerprint density at radius 3 is 2.40 bits per heavy atom. The number of allylic oxidation sites excluding steroid dienone is 1. The minimum Gasteiger partial charge on any atom is -0.211 e. The van der Waals surface area contributed by atoms with E-state index in [1.54, 1.807) is 0 Å². The summed E-state index contributed by atoms with van der Waals surface area (Å²) >= 11 is 17.4. The number of imidazole rings is 1. The highest BCUT2D eigenvalue weighted by molar-refractivity contribution is 9.14. The fraction of sp³-hybridized carbons (Fsp3) is 0.375. The average Bonchev–Trinajstić information content (AvgIpc) is 2.42.